The fourth-order valence-corrected chi connectivity index (χ4v) is 7.30. The lowest BCUT2D eigenvalue weighted by Crippen LogP contribution is -2.57. The first kappa shape index (κ1) is 27.8. The smallest absolute Gasteiger partial charge is 0.246 e. The summed E-state index contributed by atoms with van der Waals surface area (Å²) in [5.74, 6) is -0.897. The first-order valence-electron chi connectivity index (χ1n) is 14.4. The number of fused-ring (bicyclic) bond motifs is 1. The second kappa shape index (κ2) is 10.8. The van der Waals surface area contributed by atoms with Crippen LogP contribution in [0.2, 0.25) is 5.02 Å². The molecule has 1 aliphatic carbocycles. The average Bonchev–Trinajstić information content (AvgIpc) is 3.60. The normalized spacial score (nSPS) is 33.5. The van der Waals surface area contributed by atoms with Crippen LogP contribution >= 0.6 is 11.6 Å². The first-order chi connectivity index (χ1) is 19.7. The van der Waals surface area contributed by atoms with E-state index in [0.29, 0.717) is 28.3 Å². The van der Waals surface area contributed by atoms with Gasteiger partial charge in [-0.15, -0.1) is 0 Å². The van der Waals surface area contributed by atoms with Crippen LogP contribution in [0.4, 0.5) is 5.69 Å². The molecule has 3 aliphatic heterocycles. The number of hydrogen-bond acceptors (Lipinski definition) is 5. The molecule has 2 aromatic rings. The molecule has 41 heavy (non-hydrogen) atoms. The Balaban J connectivity index is 1.31. The molecule has 9 heteroatoms. The summed E-state index contributed by atoms with van der Waals surface area (Å²) in [7, 11) is 1.58. The lowest BCUT2D eigenvalue weighted by molar-refractivity contribution is -0.142. The van der Waals surface area contributed by atoms with Gasteiger partial charge in [0.15, 0.2) is 0 Å². The summed E-state index contributed by atoms with van der Waals surface area (Å²) in [6, 6.07) is 13.4. The van der Waals surface area contributed by atoms with E-state index in [2.05, 4.69) is 24.5 Å². The zero-order chi connectivity index (χ0) is 28.9. The third kappa shape index (κ3) is 4.81. The van der Waals surface area contributed by atoms with Gasteiger partial charge in [-0.05, 0) is 60.2 Å². The number of nitrogens with one attached hydrogen (secondary N) is 2. The van der Waals surface area contributed by atoms with Gasteiger partial charge in [0.05, 0.1) is 25.0 Å². The predicted molar refractivity (Wildman–Crippen MR) is 155 cm³/mol. The second-order valence-corrected chi connectivity index (χ2v) is 12.3. The van der Waals surface area contributed by atoms with Crippen molar-refractivity contribution in [2.24, 2.45) is 23.7 Å². The molecule has 8 nitrogen and oxygen atoms in total. The van der Waals surface area contributed by atoms with Crippen LogP contribution in [0.3, 0.4) is 0 Å². The highest BCUT2D eigenvalue weighted by Crippen LogP contribution is 2.55. The summed E-state index contributed by atoms with van der Waals surface area (Å²) in [5.41, 5.74) is 0.216. The largest absolute Gasteiger partial charge is 0.497 e. The average molecular weight is 578 g/mol. The number of likely N-dealkylation sites (tertiary alicyclic amines) is 1. The maximum absolute atomic E-state index is 14.2. The van der Waals surface area contributed by atoms with Crippen molar-refractivity contribution in [3.63, 3.8) is 0 Å². The SMILES string of the molecule is COc1ccc(NC(=O)[C@@H]2[C@@H]3C=C[C@]4(O3)[C@@H]2C(=O)N(Cc2ccc(Cl)cc2)[C@H]4C(=O)N[C@@H]2CCC[C@@H](C)[C@@H]2C)cc1. The van der Waals surface area contributed by atoms with Crippen LogP contribution in [-0.4, -0.2) is 53.5 Å². The van der Waals surface area contributed by atoms with E-state index in [1.54, 1.807) is 48.4 Å². The molecule has 0 aromatic heterocycles. The molecule has 2 aromatic carbocycles. The van der Waals surface area contributed by atoms with Gasteiger partial charge in [0.2, 0.25) is 17.7 Å². The number of carbonyl (C=O) groups excluding carboxylic acids is 3. The lowest BCUT2D eigenvalue weighted by Gasteiger charge is -2.38. The Morgan fingerprint density at radius 3 is 2.51 bits per heavy atom. The van der Waals surface area contributed by atoms with E-state index in [1.165, 1.54) is 0 Å². The molecule has 2 saturated heterocycles. The van der Waals surface area contributed by atoms with Crippen molar-refractivity contribution < 1.29 is 23.9 Å². The molecule has 0 unspecified atom stereocenters. The number of ether oxygens (including phenoxy) is 2. The van der Waals surface area contributed by atoms with E-state index in [1.807, 2.05) is 24.3 Å². The Kier molecular flexibility index (Phi) is 7.32. The zero-order valence-electron chi connectivity index (χ0n) is 23.5. The molecule has 3 heterocycles. The standard InChI is InChI=1S/C32H36ClN3O5/c1-18-5-4-6-24(19(18)2)35-30(38)28-32-16-15-25(41-32)26(29(37)34-22-11-13-23(40-3)14-12-22)27(32)31(39)36(28)17-20-7-9-21(33)10-8-20/h7-16,18-19,24-28H,4-6,17H2,1-3H3,(H,34,37)(H,35,38)/t18-,19+,24-,25+,26-,27+,28+,32+/m1/s1. The number of amides is 3. The molecule has 1 spiro atoms. The van der Waals surface area contributed by atoms with Crippen LogP contribution in [0, 0.1) is 23.7 Å². The van der Waals surface area contributed by atoms with Crippen LogP contribution in [0.25, 0.3) is 0 Å². The molecule has 0 radical (unpaired) electrons. The topological polar surface area (TPSA) is 97.0 Å². The highest BCUT2D eigenvalue weighted by atomic mass is 35.5. The zero-order valence-corrected chi connectivity index (χ0v) is 24.3. The van der Waals surface area contributed by atoms with E-state index in [9.17, 15) is 14.4 Å². The Morgan fingerprint density at radius 2 is 1.80 bits per heavy atom. The van der Waals surface area contributed by atoms with Crippen LogP contribution in [0.1, 0.15) is 38.7 Å². The van der Waals surface area contributed by atoms with Crippen molar-refractivity contribution in [3.05, 3.63) is 71.3 Å². The van der Waals surface area contributed by atoms with E-state index in [0.717, 1.165) is 24.8 Å². The number of hydrogen-bond donors (Lipinski definition) is 2. The van der Waals surface area contributed by atoms with Gasteiger partial charge >= 0.3 is 0 Å². The number of carbonyl (C=O) groups is 3. The van der Waals surface area contributed by atoms with Gasteiger partial charge in [0.1, 0.15) is 17.4 Å². The summed E-state index contributed by atoms with van der Waals surface area (Å²) >= 11 is 6.11. The van der Waals surface area contributed by atoms with E-state index < -0.39 is 29.6 Å². The number of anilines is 1. The molecule has 3 amide bonds. The summed E-state index contributed by atoms with van der Waals surface area (Å²) in [5, 5.41) is 6.83. The Bertz CT molecular complexity index is 1360. The highest BCUT2D eigenvalue weighted by Gasteiger charge is 2.72. The van der Waals surface area contributed by atoms with E-state index in [4.69, 9.17) is 21.1 Å². The maximum Gasteiger partial charge on any atom is 0.246 e. The molecule has 2 bridgehead atoms. The minimum atomic E-state index is -1.22. The summed E-state index contributed by atoms with van der Waals surface area (Å²) in [6.45, 7) is 4.61. The monoisotopic (exact) mass is 577 g/mol. The van der Waals surface area contributed by atoms with Crippen molar-refractivity contribution >= 4 is 35.0 Å². The highest BCUT2D eigenvalue weighted by molar-refractivity contribution is 6.30. The summed E-state index contributed by atoms with van der Waals surface area (Å²) in [4.78, 5) is 43.7. The van der Waals surface area contributed by atoms with Gasteiger partial charge in [0.25, 0.3) is 0 Å². The van der Waals surface area contributed by atoms with Crippen molar-refractivity contribution in [1.82, 2.24) is 10.2 Å². The van der Waals surface area contributed by atoms with Crippen LogP contribution in [-0.2, 0) is 25.7 Å². The number of halogens is 1. The summed E-state index contributed by atoms with van der Waals surface area (Å²) in [6.07, 6.45) is 6.17. The number of benzene rings is 2. The number of methoxy groups -OCH3 is 1. The van der Waals surface area contributed by atoms with Crippen molar-refractivity contribution in [1.29, 1.82) is 0 Å². The minimum absolute atomic E-state index is 0.0194. The quantitative estimate of drug-likeness (QED) is 0.470. The predicted octanol–water partition coefficient (Wildman–Crippen LogP) is 4.58. The number of nitrogens with zero attached hydrogens (tertiary/aromatic N) is 1. The van der Waals surface area contributed by atoms with Gasteiger partial charge in [-0.3, -0.25) is 14.4 Å². The van der Waals surface area contributed by atoms with Crippen LogP contribution < -0.4 is 15.4 Å². The molecule has 2 N–H and O–H groups in total. The Morgan fingerprint density at radius 1 is 1.07 bits per heavy atom. The fourth-order valence-electron chi connectivity index (χ4n) is 7.17. The van der Waals surface area contributed by atoms with Crippen LogP contribution in [0.15, 0.2) is 60.7 Å². The van der Waals surface area contributed by atoms with Crippen molar-refractivity contribution in [2.75, 3.05) is 12.4 Å². The Hall–Kier alpha value is -3.36. The third-order valence-electron chi connectivity index (χ3n) is 9.58. The van der Waals surface area contributed by atoms with Gasteiger partial charge in [-0.2, -0.15) is 0 Å². The van der Waals surface area contributed by atoms with E-state index in [-0.39, 0.29) is 30.3 Å². The van der Waals surface area contributed by atoms with Gasteiger partial charge in [-0.25, -0.2) is 0 Å². The first-order valence-corrected chi connectivity index (χ1v) is 14.8. The molecular weight excluding hydrogens is 542 g/mol. The molecule has 1 saturated carbocycles. The van der Waals surface area contributed by atoms with Crippen molar-refractivity contribution in [3.8, 4) is 5.75 Å². The minimum Gasteiger partial charge on any atom is -0.497 e. The van der Waals surface area contributed by atoms with E-state index >= 15 is 0 Å². The lowest BCUT2D eigenvalue weighted by atomic mass is 9.73. The number of rotatable bonds is 7. The van der Waals surface area contributed by atoms with Gasteiger partial charge in [-0.1, -0.05) is 62.6 Å². The van der Waals surface area contributed by atoms with Gasteiger partial charge < -0.3 is 25.0 Å². The second-order valence-electron chi connectivity index (χ2n) is 11.9. The molecule has 6 rings (SSSR count). The third-order valence-corrected chi connectivity index (χ3v) is 9.84. The van der Waals surface area contributed by atoms with Gasteiger partial charge in [0, 0.05) is 23.3 Å². The molecular formula is C32H36ClN3O5. The molecule has 4 aliphatic rings. The molecule has 8 atom stereocenters. The molecule has 3 fully saturated rings. The van der Waals surface area contributed by atoms with Crippen molar-refractivity contribution in [2.45, 2.75) is 63.4 Å². The summed E-state index contributed by atoms with van der Waals surface area (Å²) < 4.78 is 11.7. The fraction of sp³-hybridized carbons (Fsp3) is 0.469. The maximum atomic E-state index is 14.2. The Labute approximate surface area is 245 Å². The molecule has 216 valence electrons. The van der Waals surface area contributed by atoms with Crippen LogP contribution in [0.5, 0.6) is 5.75 Å².